The molecule has 0 bridgehead atoms. The normalized spacial score (nSPS) is 13.8. The smallest absolute Gasteiger partial charge is 0.287 e. The van der Waals surface area contributed by atoms with Crippen LogP contribution in [0.2, 0.25) is 0 Å². The number of carbonyl (C=O) groups is 2. The van der Waals surface area contributed by atoms with Crippen LogP contribution in [0.25, 0.3) is 11.0 Å². The number of nitrogens with zero attached hydrogens (tertiary/aromatic N) is 1. The van der Waals surface area contributed by atoms with Crippen LogP contribution in [-0.4, -0.2) is 38.2 Å². The Hall–Kier alpha value is -3.91. The van der Waals surface area contributed by atoms with E-state index in [9.17, 15) is 18.0 Å². The Morgan fingerprint density at radius 1 is 0.857 bits per heavy atom. The van der Waals surface area contributed by atoms with Gasteiger partial charge in [0.05, 0.1) is 9.79 Å². The summed E-state index contributed by atoms with van der Waals surface area (Å²) in [6.07, 6.45) is 2.00. The van der Waals surface area contributed by atoms with E-state index in [1.807, 2.05) is 18.2 Å². The maximum Gasteiger partial charge on any atom is 0.287 e. The predicted molar refractivity (Wildman–Crippen MR) is 131 cm³/mol. The second kappa shape index (κ2) is 9.38. The number of carbonyl (C=O) groups excluding carboxylic acids is 2. The Morgan fingerprint density at radius 2 is 1.49 bits per heavy atom. The quantitative estimate of drug-likeness (QED) is 0.433. The third-order valence-electron chi connectivity index (χ3n) is 6.14. The van der Waals surface area contributed by atoms with Crippen LogP contribution in [0.1, 0.15) is 39.3 Å². The van der Waals surface area contributed by atoms with Gasteiger partial charge in [-0.2, -0.15) is 0 Å². The third kappa shape index (κ3) is 4.70. The van der Waals surface area contributed by atoms with Crippen LogP contribution >= 0.6 is 0 Å². The minimum Gasteiger partial charge on any atom is -0.451 e. The van der Waals surface area contributed by atoms with E-state index < -0.39 is 9.84 Å². The van der Waals surface area contributed by atoms with Crippen molar-refractivity contribution in [3.8, 4) is 0 Å². The average molecular weight is 489 g/mol. The van der Waals surface area contributed by atoms with Crippen molar-refractivity contribution in [3.05, 3.63) is 95.7 Å². The van der Waals surface area contributed by atoms with E-state index in [0.717, 1.165) is 36.9 Å². The Balaban J connectivity index is 1.24. The molecule has 0 atom stereocenters. The zero-order chi connectivity index (χ0) is 24.4. The molecule has 8 heteroatoms. The van der Waals surface area contributed by atoms with Gasteiger partial charge in [-0.05, 0) is 66.9 Å². The number of furan rings is 1. The maximum atomic E-state index is 13.0. The van der Waals surface area contributed by atoms with E-state index in [0.29, 0.717) is 11.1 Å². The van der Waals surface area contributed by atoms with Crippen molar-refractivity contribution >= 4 is 32.6 Å². The number of likely N-dealkylation sites (tertiary alicyclic amines) is 1. The van der Waals surface area contributed by atoms with Gasteiger partial charge in [-0.25, -0.2) is 8.42 Å². The van der Waals surface area contributed by atoms with Gasteiger partial charge in [0.1, 0.15) is 5.58 Å². The summed E-state index contributed by atoms with van der Waals surface area (Å²) in [7, 11) is -3.73. The van der Waals surface area contributed by atoms with Gasteiger partial charge in [-0.3, -0.25) is 9.59 Å². The molecule has 1 aliphatic rings. The van der Waals surface area contributed by atoms with Crippen LogP contribution in [0, 0.1) is 0 Å². The van der Waals surface area contributed by atoms with E-state index in [1.54, 1.807) is 41.3 Å². The highest BCUT2D eigenvalue weighted by Gasteiger charge is 2.22. The molecule has 3 aromatic carbocycles. The summed E-state index contributed by atoms with van der Waals surface area (Å²) in [5.41, 5.74) is 1.88. The molecule has 35 heavy (non-hydrogen) atoms. The molecule has 1 N–H and O–H groups in total. The van der Waals surface area contributed by atoms with Gasteiger partial charge >= 0.3 is 0 Å². The number of benzene rings is 3. The lowest BCUT2D eigenvalue weighted by atomic mass is 10.2. The summed E-state index contributed by atoms with van der Waals surface area (Å²) in [4.78, 5) is 27.0. The molecule has 5 rings (SSSR count). The van der Waals surface area contributed by atoms with E-state index in [4.69, 9.17) is 4.42 Å². The van der Waals surface area contributed by atoms with Crippen molar-refractivity contribution < 1.29 is 22.4 Å². The topological polar surface area (TPSA) is 96.7 Å². The minimum absolute atomic E-state index is 0.0690. The van der Waals surface area contributed by atoms with Crippen LogP contribution < -0.4 is 5.32 Å². The van der Waals surface area contributed by atoms with E-state index in [2.05, 4.69) is 5.32 Å². The zero-order valence-electron chi connectivity index (χ0n) is 18.9. The molecule has 2 amide bonds. The van der Waals surface area contributed by atoms with Gasteiger partial charge in [-0.15, -0.1) is 0 Å². The summed E-state index contributed by atoms with van der Waals surface area (Å²) in [5, 5.41) is 3.64. The van der Waals surface area contributed by atoms with E-state index >= 15 is 0 Å². The molecular weight excluding hydrogens is 464 g/mol. The van der Waals surface area contributed by atoms with Crippen molar-refractivity contribution in [1.29, 1.82) is 0 Å². The molecule has 0 unspecified atom stereocenters. The fourth-order valence-electron chi connectivity index (χ4n) is 4.17. The van der Waals surface area contributed by atoms with Crippen LogP contribution in [-0.2, 0) is 16.4 Å². The molecule has 4 aromatic rings. The third-order valence-corrected chi connectivity index (χ3v) is 7.93. The summed E-state index contributed by atoms with van der Waals surface area (Å²) in [5.74, 6) is -0.195. The lowest BCUT2D eigenvalue weighted by Crippen LogP contribution is -2.27. The van der Waals surface area contributed by atoms with Crippen molar-refractivity contribution in [2.24, 2.45) is 0 Å². The number of para-hydroxylation sites is 1. The fraction of sp³-hybridized carbons (Fsp3) is 0.185. The van der Waals surface area contributed by atoms with Gasteiger partial charge in [0.25, 0.3) is 11.8 Å². The molecular formula is C27H24N2O5S. The molecule has 0 radical (unpaired) electrons. The molecule has 0 aliphatic carbocycles. The average Bonchev–Trinajstić information content (AvgIpc) is 3.58. The van der Waals surface area contributed by atoms with Crippen molar-refractivity contribution in [2.45, 2.75) is 29.2 Å². The zero-order valence-corrected chi connectivity index (χ0v) is 19.8. The maximum absolute atomic E-state index is 13.0. The molecule has 1 aromatic heterocycles. The van der Waals surface area contributed by atoms with E-state index in [1.165, 1.54) is 24.3 Å². The second-order valence-electron chi connectivity index (χ2n) is 8.50. The molecule has 0 spiro atoms. The number of hydrogen-bond donors (Lipinski definition) is 1. The van der Waals surface area contributed by atoms with Crippen LogP contribution in [0.3, 0.4) is 0 Å². The Labute approximate surface area is 203 Å². The first-order chi connectivity index (χ1) is 16.9. The summed E-state index contributed by atoms with van der Waals surface area (Å²) >= 11 is 0. The molecule has 0 saturated carbocycles. The largest absolute Gasteiger partial charge is 0.451 e. The Kier molecular flexibility index (Phi) is 6.13. The number of hydrogen-bond acceptors (Lipinski definition) is 5. The molecule has 178 valence electrons. The van der Waals surface area contributed by atoms with Gasteiger partial charge < -0.3 is 14.6 Å². The number of amides is 2. The first-order valence-electron chi connectivity index (χ1n) is 11.4. The van der Waals surface area contributed by atoms with Gasteiger partial charge in [-0.1, -0.05) is 30.3 Å². The molecule has 2 heterocycles. The van der Waals surface area contributed by atoms with Crippen LogP contribution in [0.4, 0.5) is 0 Å². The summed E-state index contributed by atoms with van der Waals surface area (Å²) < 4.78 is 31.7. The van der Waals surface area contributed by atoms with Gasteiger partial charge in [0.15, 0.2) is 5.76 Å². The first-order valence-corrected chi connectivity index (χ1v) is 12.9. The lowest BCUT2D eigenvalue weighted by Gasteiger charge is -2.15. The van der Waals surface area contributed by atoms with Crippen molar-refractivity contribution in [3.63, 3.8) is 0 Å². The number of fused-ring (bicyclic) bond motifs is 1. The van der Waals surface area contributed by atoms with Crippen molar-refractivity contribution in [2.75, 3.05) is 13.1 Å². The minimum atomic E-state index is -3.73. The Bertz CT molecular complexity index is 1450. The number of rotatable bonds is 6. The monoisotopic (exact) mass is 488 g/mol. The van der Waals surface area contributed by atoms with E-state index in [-0.39, 0.29) is 33.9 Å². The predicted octanol–water partition coefficient (Wildman–Crippen LogP) is 4.43. The molecule has 1 fully saturated rings. The number of nitrogens with one attached hydrogen (secondary N) is 1. The summed E-state index contributed by atoms with van der Waals surface area (Å²) in [6, 6.07) is 21.5. The van der Waals surface area contributed by atoms with Crippen LogP contribution in [0.5, 0.6) is 0 Å². The van der Waals surface area contributed by atoms with Crippen LogP contribution in [0.15, 0.2) is 93.1 Å². The SMILES string of the molecule is O=C(NCc1ccc(S(=O)(=O)c2ccc(C(=O)N3CCCC3)cc2)cc1)c1cc2ccccc2o1. The van der Waals surface area contributed by atoms with Crippen molar-refractivity contribution in [1.82, 2.24) is 10.2 Å². The molecule has 1 aliphatic heterocycles. The molecule has 7 nitrogen and oxygen atoms in total. The highest BCUT2D eigenvalue weighted by atomic mass is 32.2. The second-order valence-corrected chi connectivity index (χ2v) is 10.5. The Morgan fingerprint density at radius 3 is 2.14 bits per heavy atom. The first kappa shape index (κ1) is 22.9. The molecule has 1 saturated heterocycles. The number of sulfone groups is 1. The summed E-state index contributed by atoms with van der Waals surface area (Å²) in [6.45, 7) is 1.71. The van der Waals surface area contributed by atoms with Gasteiger partial charge in [0.2, 0.25) is 9.84 Å². The van der Waals surface area contributed by atoms with Gasteiger partial charge in [0, 0.05) is 30.6 Å². The fourth-order valence-corrected chi connectivity index (χ4v) is 5.43. The standard InChI is InChI=1S/C27H24N2O5S/c30-26(25-17-21-5-1-2-6-24(21)34-25)28-18-19-7-11-22(12-8-19)35(32,33)23-13-9-20(10-14-23)27(31)29-15-3-4-16-29/h1-2,5-14,17H,3-4,15-16,18H2,(H,28,30). The lowest BCUT2D eigenvalue weighted by molar-refractivity contribution is 0.0792. The highest BCUT2D eigenvalue weighted by Crippen LogP contribution is 2.23. The highest BCUT2D eigenvalue weighted by molar-refractivity contribution is 7.91.